The highest BCUT2D eigenvalue weighted by molar-refractivity contribution is 5.23. The van der Waals surface area contributed by atoms with E-state index in [2.05, 4.69) is 17.3 Å². The van der Waals surface area contributed by atoms with E-state index in [9.17, 15) is 4.39 Å². The van der Waals surface area contributed by atoms with Crippen LogP contribution in [0.2, 0.25) is 0 Å². The third-order valence-electron chi connectivity index (χ3n) is 5.01. The van der Waals surface area contributed by atoms with Crippen LogP contribution in [0.5, 0.6) is 0 Å². The fraction of sp³-hybridized carbons (Fsp3) is 0.647. The maximum Gasteiger partial charge on any atom is 0.123 e. The van der Waals surface area contributed by atoms with Crippen molar-refractivity contribution < 1.29 is 4.39 Å². The summed E-state index contributed by atoms with van der Waals surface area (Å²) in [6.07, 6.45) is 5.08. The van der Waals surface area contributed by atoms with Gasteiger partial charge in [0, 0.05) is 6.04 Å². The average Bonchev–Trinajstić information content (AvgIpc) is 2.41. The number of halogens is 1. The zero-order chi connectivity index (χ0) is 13.9. The molecule has 0 amide bonds. The summed E-state index contributed by atoms with van der Waals surface area (Å²) in [5, 5.41) is 3.72. The number of hydrogen-bond donors (Lipinski definition) is 1. The lowest BCUT2D eigenvalue weighted by Gasteiger charge is -2.38. The second kappa shape index (κ2) is 6.23. The van der Waals surface area contributed by atoms with Crippen LogP contribution in [0.3, 0.4) is 0 Å². The van der Waals surface area contributed by atoms with Crippen LogP contribution in [-0.2, 0) is 0 Å². The van der Waals surface area contributed by atoms with Gasteiger partial charge in [0.1, 0.15) is 5.82 Å². The van der Waals surface area contributed by atoms with E-state index in [1.165, 1.54) is 50.9 Å². The van der Waals surface area contributed by atoms with E-state index in [0.717, 1.165) is 5.92 Å². The predicted molar refractivity (Wildman–Crippen MR) is 80.4 cm³/mol. The van der Waals surface area contributed by atoms with Gasteiger partial charge >= 0.3 is 0 Å². The van der Waals surface area contributed by atoms with Crippen molar-refractivity contribution in [2.24, 2.45) is 5.92 Å². The maximum atomic E-state index is 12.9. The quantitative estimate of drug-likeness (QED) is 0.909. The SMILES string of the molecule is CN1CCC(CNC2CC(c3ccc(F)cc3)C2)CC1. The Morgan fingerprint density at radius 2 is 1.80 bits per heavy atom. The topological polar surface area (TPSA) is 15.3 Å². The lowest BCUT2D eigenvalue weighted by atomic mass is 9.75. The first-order valence-electron chi connectivity index (χ1n) is 7.88. The minimum absolute atomic E-state index is 0.134. The monoisotopic (exact) mass is 276 g/mol. The number of rotatable bonds is 4. The van der Waals surface area contributed by atoms with Gasteiger partial charge in [0.05, 0.1) is 0 Å². The van der Waals surface area contributed by atoms with Crippen molar-refractivity contribution in [2.45, 2.75) is 37.6 Å². The van der Waals surface area contributed by atoms with Gasteiger partial charge in [0.15, 0.2) is 0 Å². The van der Waals surface area contributed by atoms with Crippen molar-refractivity contribution in [3.63, 3.8) is 0 Å². The third kappa shape index (κ3) is 3.39. The number of likely N-dealkylation sites (tertiary alicyclic amines) is 1. The summed E-state index contributed by atoms with van der Waals surface area (Å²) in [7, 11) is 2.21. The van der Waals surface area contributed by atoms with E-state index in [4.69, 9.17) is 0 Å². The van der Waals surface area contributed by atoms with Crippen molar-refractivity contribution in [1.82, 2.24) is 10.2 Å². The Morgan fingerprint density at radius 3 is 2.45 bits per heavy atom. The molecule has 110 valence electrons. The molecule has 1 heterocycles. The van der Waals surface area contributed by atoms with Gasteiger partial charge in [0.2, 0.25) is 0 Å². The Kier molecular flexibility index (Phi) is 4.37. The van der Waals surface area contributed by atoms with E-state index in [-0.39, 0.29) is 5.82 Å². The van der Waals surface area contributed by atoms with Crippen LogP contribution in [-0.4, -0.2) is 37.6 Å². The molecule has 0 radical (unpaired) electrons. The smallest absolute Gasteiger partial charge is 0.123 e. The normalized spacial score (nSPS) is 28.3. The molecule has 1 saturated heterocycles. The molecule has 2 nitrogen and oxygen atoms in total. The summed E-state index contributed by atoms with van der Waals surface area (Å²) in [5.74, 6) is 1.35. The van der Waals surface area contributed by atoms with E-state index < -0.39 is 0 Å². The molecular formula is C17H25FN2. The van der Waals surface area contributed by atoms with Crippen LogP contribution in [0.1, 0.15) is 37.2 Å². The van der Waals surface area contributed by atoms with Crippen LogP contribution in [0.4, 0.5) is 4.39 Å². The summed E-state index contributed by atoms with van der Waals surface area (Å²) >= 11 is 0. The highest BCUT2D eigenvalue weighted by atomic mass is 19.1. The maximum absolute atomic E-state index is 12.9. The van der Waals surface area contributed by atoms with Crippen LogP contribution >= 0.6 is 0 Å². The summed E-state index contributed by atoms with van der Waals surface area (Å²) in [6, 6.07) is 7.70. The molecule has 1 saturated carbocycles. The fourth-order valence-electron chi connectivity index (χ4n) is 3.39. The molecule has 1 aliphatic carbocycles. The lowest BCUT2D eigenvalue weighted by molar-refractivity contribution is 0.199. The van der Waals surface area contributed by atoms with Crippen molar-refractivity contribution >= 4 is 0 Å². The van der Waals surface area contributed by atoms with Crippen LogP contribution in [0.25, 0.3) is 0 Å². The number of piperidine rings is 1. The lowest BCUT2D eigenvalue weighted by Crippen LogP contribution is -2.44. The summed E-state index contributed by atoms with van der Waals surface area (Å²) < 4.78 is 12.9. The number of nitrogens with one attached hydrogen (secondary N) is 1. The summed E-state index contributed by atoms with van der Waals surface area (Å²) in [5.41, 5.74) is 1.30. The average molecular weight is 276 g/mol. The largest absolute Gasteiger partial charge is 0.314 e. The molecule has 0 aromatic heterocycles. The Balaban J connectivity index is 1.37. The first-order chi connectivity index (χ1) is 9.70. The van der Waals surface area contributed by atoms with Gasteiger partial charge in [-0.1, -0.05) is 12.1 Å². The number of nitrogens with zero attached hydrogens (tertiary/aromatic N) is 1. The molecule has 0 unspecified atom stereocenters. The zero-order valence-corrected chi connectivity index (χ0v) is 12.3. The summed E-state index contributed by atoms with van der Waals surface area (Å²) in [4.78, 5) is 2.42. The van der Waals surface area contributed by atoms with Crippen LogP contribution in [0, 0.1) is 11.7 Å². The van der Waals surface area contributed by atoms with Gasteiger partial charge < -0.3 is 10.2 Å². The van der Waals surface area contributed by atoms with Gasteiger partial charge in [-0.15, -0.1) is 0 Å². The van der Waals surface area contributed by atoms with E-state index >= 15 is 0 Å². The van der Waals surface area contributed by atoms with Gasteiger partial charge in [0.25, 0.3) is 0 Å². The molecule has 20 heavy (non-hydrogen) atoms. The highest BCUT2D eigenvalue weighted by Crippen LogP contribution is 2.37. The summed E-state index contributed by atoms with van der Waals surface area (Å²) in [6.45, 7) is 3.67. The zero-order valence-electron chi connectivity index (χ0n) is 12.3. The van der Waals surface area contributed by atoms with E-state index in [1.54, 1.807) is 12.1 Å². The first kappa shape index (κ1) is 14.0. The highest BCUT2D eigenvalue weighted by Gasteiger charge is 2.30. The number of hydrogen-bond acceptors (Lipinski definition) is 2. The fourth-order valence-corrected chi connectivity index (χ4v) is 3.39. The molecule has 3 rings (SSSR count). The molecule has 2 aliphatic rings. The van der Waals surface area contributed by atoms with Crippen molar-refractivity contribution in [3.8, 4) is 0 Å². The van der Waals surface area contributed by atoms with E-state index in [1.807, 2.05) is 12.1 Å². The van der Waals surface area contributed by atoms with Crippen LogP contribution in [0.15, 0.2) is 24.3 Å². The minimum atomic E-state index is -0.134. The molecule has 1 aliphatic heterocycles. The Hall–Kier alpha value is -0.930. The molecule has 1 aromatic rings. The Morgan fingerprint density at radius 1 is 1.15 bits per heavy atom. The number of benzene rings is 1. The minimum Gasteiger partial charge on any atom is -0.314 e. The van der Waals surface area contributed by atoms with Crippen LogP contribution < -0.4 is 5.32 Å². The van der Waals surface area contributed by atoms with Crippen molar-refractivity contribution in [2.75, 3.05) is 26.7 Å². The second-order valence-electron chi connectivity index (χ2n) is 6.57. The Bertz CT molecular complexity index is 417. The van der Waals surface area contributed by atoms with E-state index in [0.29, 0.717) is 12.0 Å². The second-order valence-corrected chi connectivity index (χ2v) is 6.57. The van der Waals surface area contributed by atoms with Crippen molar-refractivity contribution in [1.29, 1.82) is 0 Å². The van der Waals surface area contributed by atoms with Crippen molar-refractivity contribution in [3.05, 3.63) is 35.6 Å². The molecule has 0 atom stereocenters. The Labute approximate surface area is 121 Å². The first-order valence-corrected chi connectivity index (χ1v) is 7.88. The van der Waals surface area contributed by atoms with Gasteiger partial charge in [-0.05, 0) is 81.9 Å². The molecule has 1 N–H and O–H groups in total. The molecule has 2 fully saturated rings. The molecular weight excluding hydrogens is 251 g/mol. The predicted octanol–water partition coefficient (Wildman–Crippen LogP) is 3.00. The molecule has 3 heteroatoms. The van der Waals surface area contributed by atoms with Gasteiger partial charge in [-0.2, -0.15) is 0 Å². The molecule has 1 aromatic carbocycles. The van der Waals surface area contributed by atoms with Gasteiger partial charge in [-0.3, -0.25) is 0 Å². The molecule has 0 bridgehead atoms. The molecule has 0 spiro atoms. The third-order valence-corrected chi connectivity index (χ3v) is 5.01. The van der Waals surface area contributed by atoms with Gasteiger partial charge in [-0.25, -0.2) is 4.39 Å². The standard InChI is InChI=1S/C17H25FN2/c1-20-8-6-13(7-9-20)12-19-17-10-15(11-17)14-2-4-16(18)5-3-14/h2-5,13,15,17,19H,6-12H2,1H3.